The molecule has 20 heavy (non-hydrogen) atoms. The van der Waals surface area contributed by atoms with Crippen LogP contribution < -0.4 is 9.47 Å². The van der Waals surface area contributed by atoms with Gasteiger partial charge in [0.2, 0.25) is 0 Å². The van der Waals surface area contributed by atoms with Crippen molar-refractivity contribution in [1.82, 2.24) is 5.16 Å². The Morgan fingerprint density at radius 3 is 2.80 bits per heavy atom. The summed E-state index contributed by atoms with van der Waals surface area (Å²) in [6.07, 6.45) is 0. The summed E-state index contributed by atoms with van der Waals surface area (Å²) in [5.74, 6) is 1.91. The Balaban J connectivity index is 2.53. The highest BCUT2D eigenvalue weighted by Crippen LogP contribution is 2.35. The SMILES string of the molecule is COc1ccc(-c2noc(C)c2CN=[N+]=[N-])c(OC)c1. The van der Waals surface area contributed by atoms with Crippen molar-refractivity contribution in [2.75, 3.05) is 14.2 Å². The van der Waals surface area contributed by atoms with Crippen molar-refractivity contribution in [3.63, 3.8) is 0 Å². The van der Waals surface area contributed by atoms with Crippen LogP contribution in [0.4, 0.5) is 0 Å². The molecule has 1 aromatic heterocycles. The Morgan fingerprint density at radius 1 is 1.35 bits per heavy atom. The molecule has 7 nitrogen and oxygen atoms in total. The second-order valence-electron chi connectivity index (χ2n) is 4.02. The summed E-state index contributed by atoms with van der Waals surface area (Å²) in [5, 5.41) is 7.59. The topological polar surface area (TPSA) is 93.3 Å². The highest BCUT2D eigenvalue weighted by atomic mass is 16.5. The molecule has 0 saturated heterocycles. The van der Waals surface area contributed by atoms with Crippen LogP contribution in [-0.4, -0.2) is 19.4 Å². The monoisotopic (exact) mass is 274 g/mol. The highest BCUT2D eigenvalue weighted by molar-refractivity contribution is 5.71. The predicted octanol–water partition coefficient (Wildman–Crippen LogP) is 3.48. The standard InChI is InChI=1S/C13H14N4O3/c1-8-11(7-15-17-14)13(16-20-8)10-5-4-9(18-2)6-12(10)19-3/h4-6H,7H2,1-3H3. The molecule has 0 aliphatic heterocycles. The van der Waals surface area contributed by atoms with Gasteiger partial charge in [0.05, 0.1) is 20.8 Å². The Hall–Kier alpha value is -2.66. The number of azide groups is 1. The fraction of sp³-hybridized carbons (Fsp3) is 0.308. The maximum Gasteiger partial charge on any atom is 0.137 e. The highest BCUT2D eigenvalue weighted by Gasteiger charge is 2.18. The van der Waals surface area contributed by atoms with E-state index in [1.807, 2.05) is 6.07 Å². The lowest BCUT2D eigenvalue weighted by molar-refractivity contribution is 0.391. The fourth-order valence-corrected chi connectivity index (χ4v) is 1.89. The largest absolute Gasteiger partial charge is 0.497 e. The van der Waals surface area contributed by atoms with E-state index in [1.165, 1.54) is 0 Å². The van der Waals surface area contributed by atoms with Crippen molar-refractivity contribution >= 4 is 0 Å². The lowest BCUT2D eigenvalue weighted by Crippen LogP contribution is -1.93. The van der Waals surface area contributed by atoms with Crippen molar-refractivity contribution in [3.8, 4) is 22.8 Å². The quantitative estimate of drug-likeness (QED) is 0.474. The molecule has 0 spiro atoms. The molecule has 1 heterocycles. The van der Waals surface area contributed by atoms with E-state index in [2.05, 4.69) is 15.2 Å². The van der Waals surface area contributed by atoms with Crippen LogP contribution in [0.1, 0.15) is 11.3 Å². The molecule has 7 heteroatoms. The van der Waals surface area contributed by atoms with Crippen molar-refractivity contribution in [1.29, 1.82) is 0 Å². The van der Waals surface area contributed by atoms with Crippen molar-refractivity contribution in [2.24, 2.45) is 5.11 Å². The normalized spacial score (nSPS) is 9.95. The van der Waals surface area contributed by atoms with Crippen molar-refractivity contribution in [3.05, 3.63) is 40.0 Å². The molecule has 2 aromatic rings. The lowest BCUT2D eigenvalue weighted by Gasteiger charge is -2.09. The van der Waals surface area contributed by atoms with Gasteiger partial charge in [0.25, 0.3) is 0 Å². The zero-order valence-corrected chi connectivity index (χ0v) is 11.5. The van der Waals surface area contributed by atoms with Crippen LogP contribution >= 0.6 is 0 Å². The molecule has 0 unspecified atom stereocenters. The van der Waals surface area contributed by atoms with Gasteiger partial charge in [-0.3, -0.25) is 0 Å². The van der Waals surface area contributed by atoms with Crippen molar-refractivity contribution in [2.45, 2.75) is 13.5 Å². The van der Waals surface area contributed by atoms with E-state index in [1.54, 1.807) is 33.3 Å². The molecule has 0 amide bonds. The van der Waals surface area contributed by atoms with Gasteiger partial charge in [-0.25, -0.2) is 0 Å². The number of rotatable bonds is 5. The molecule has 1 aromatic carbocycles. The third kappa shape index (κ3) is 2.53. The lowest BCUT2D eigenvalue weighted by atomic mass is 10.0. The van der Waals surface area contributed by atoms with Gasteiger partial charge in [0.15, 0.2) is 0 Å². The van der Waals surface area contributed by atoms with Crippen LogP contribution in [0.5, 0.6) is 11.5 Å². The zero-order chi connectivity index (χ0) is 14.5. The number of ether oxygens (including phenoxy) is 2. The van der Waals surface area contributed by atoms with E-state index in [0.717, 1.165) is 11.1 Å². The molecular formula is C13H14N4O3. The molecule has 0 N–H and O–H groups in total. The number of nitrogens with zero attached hydrogens (tertiary/aromatic N) is 4. The van der Waals surface area contributed by atoms with Crippen LogP contribution in [-0.2, 0) is 6.54 Å². The van der Waals surface area contributed by atoms with E-state index in [4.69, 9.17) is 19.5 Å². The molecular weight excluding hydrogens is 260 g/mol. The van der Waals surface area contributed by atoms with Gasteiger partial charge in [0.1, 0.15) is 23.0 Å². The van der Waals surface area contributed by atoms with Crippen LogP contribution in [0.25, 0.3) is 21.7 Å². The van der Waals surface area contributed by atoms with Gasteiger partial charge in [-0.1, -0.05) is 10.3 Å². The van der Waals surface area contributed by atoms with Crippen LogP contribution in [0, 0.1) is 6.92 Å². The molecule has 2 rings (SSSR count). The number of benzene rings is 1. The molecule has 0 bridgehead atoms. The van der Waals surface area contributed by atoms with E-state index >= 15 is 0 Å². The Labute approximate surface area is 115 Å². The van der Waals surface area contributed by atoms with Gasteiger partial charge < -0.3 is 14.0 Å². The summed E-state index contributed by atoms with van der Waals surface area (Å²) in [6.45, 7) is 1.95. The second kappa shape index (κ2) is 5.99. The summed E-state index contributed by atoms with van der Waals surface area (Å²) >= 11 is 0. The van der Waals surface area contributed by atoms with Crippen LogP contribution in [0.15, 0.2) is 27.8 Å². The number of methoxy groups -OCH3 is 2. The number of hydrogen-bond acceptors (Lipinski definition) is 5. The summed E-state index contributed by atoms with van der Waals surface area (Å²) < 4.78 is 15.7. The van der Waals surface area contributed by atoms with E-state index in [9.17, 15) is 0 Å². The van der Waals surface area contributed by atoms with Crippen LogP contribution in [0.2, 0.25) is 0 Å². The minimum Gasteiger partial charge on any atom is -0.497 e. The first-order valence-electron chi connectivity index (χ1n) is 5.89. The first-order valence-corrected chi connectivity index (χ1v) is 5.89. The average Bonchev–Trinajstić information content (AvgIpc) is 2.85. The molecule has 0 fully saturated rings. The molecule has 104 valence electrons. The summed E-state index contributed by atoms with van der Waals surface area (Å²) in [5.41, 5.74) is 10.6. The van der Waals surface area contributed by atoms with Gasteiger partial charge in [0, 0.05) is 22.1 Å². The first kappa shape index (κ1) is 13.8. The van der Waals surface area contributed by atoms with Gasteiger partial charge in [-0.2, -0.15) is 0 Å². The average molecular weight is 274 g/mol. The van der Waals surface area contributed by atoms with E-state index in [-0.39, 0.29) is 6.54 Å². The third-order valence-corrected chi connectivity index (χ3v) is 2.94. The third-order valence-electron chi connectivity index (χ3n) is 2.94. The van der Waals surface area contributed by atoms with Gasteiger partial charge in [-0.15, -0.1) is 0 Å². The fourth-order valence-electron chi connectivity index (χ4n) is 1.89. The van der Waals surface area contributed by atoms with E-state index in [0.29, 0.717) is 23.0 Å². The molecule has 0 atom stereocenters. The minimum atomic E-state index is 0.177. The smallest absolute Gasteiger partial charge is 0.137 e. The summed E-state index contributed by atoms with van der Waals surface area (Å²) in [6, 6.07) is 5.39. The Kier molecular flexibility index (Phi) is 4.12. The number of aryl methyl sites for hydroxylation is 1. The summed E-state index contributed by atoms with van der Waals surface area (Å²) in [4.78, 5) is 2.76. The Morgan fingerprint density at radius 2 is 2.15 bits per heavy atom. The number of aromatic nitrogens is 1. The maximum atomic E-state index is 8.45. The molecule has 0 saturated carbocycles. The first-order chi connectivity index (χ1) is 9.71. The summed E-state index contributed by atoms with van der Waals surface area (Å²) in [7, 11) is 3.15. The van der Waals surface area contributed by atoms with E-state index < -0.39 is 0 Å². The van der Waals surface area contributed by atoms with Gasteiger partial charge in [-0.05, 0) is 24.6 Å². The zero-order valence-electron chi connectivity index (χ0n) is 11.5. The number of hydrogen-bond donors (Lipinski definition) is 0. The Bertz CT molecular complexity index is 660. The molecule has 0 radical (unpaired) electrons. The minimum absolute atomic E-state index is 0.177. The second-order valence-corrected chi connectivity index (χ2v) is 4.02. The predicted molar refractivity (Wildman–Crippen MR) is 72.6 cm³/mol. The van der Waals surface area contributed by atoms with Crippen molar-refractivity contribution < 1.29 is 14.0 Å². The molecule has 0 aliphatic carbocycles. The van der Waals surface area contributed by atoms with Gasteiger partial charge >= 0.3 is 0 Å². The molecule has 0 aliphatic rings. The van der Waals surface area contributed by atoms with Crippen LogP contribution in [0.3, 0.4) is 0 Å². The maximum absolute atomic E-state index is 8.45.